The molecule has 0 aliphatic carbocycles. The predicted octanol–water partition coefficient (Wildman–Crippen LogP) is 4.72. The van der Waals surface area contributed by atoms with Crippen LogP contribution < -0.4 is 9.47 Å². The van der Waals surface area contributed by atoms with Crippen molar-refractivity contribution in [2.45, 2.75) is 46.0 Å². The van der Waals surface area contributed by atoms with E-state index in [0.717, 1.165) is 24.8 Å². The standard InChI is InChI=1S/C21H27NO5S2/c1-3-12-27-16-10-9-15(13-17(16)26-4-2)14-18-20(25)22(21(28)29-18)11-7-5-6-8-19(23)24/h9-10,13-14H,3-8,11-12H2,1-2H3,(H,23,24)/b18-14-. The SMILES string of the molecule is CCCOc1ccc(/C=C2\SC(=S)N(CCCCCC(=O)O)C2=O)cc1OCC. The second kappa shape index (κ2) is 11.8. The average Bonchev–Trinajstić information content (AvgIpc) is 2.94. The first-order valence-corrected chi connectivity index (χ1v) is 11.1. The van der Waals surface area contributed by atoms with Gasteiger partial charge in [-0.2, -0.15) is 0 Å². The van der Waals surface area contributed by atoms with Crippen molar-refractivity contribution in [3.63, 3.8) is 0 Å². The second-order valence-corrected chi connectivity index (χ2v) is 8.20. The maximum atomic E-state index is 12.7. The molecule has 1 fully saturated rings. The van der Waals surface area contributed by atoms with Gasteiger partial charge in [0, 0.05) is 13.0 Å². The van der Waals surface area contributed by atoms with Crippen LogP contribution in [0.15, 0.2) is 23.1 Å². The number of unbranched alkanes of at least 4 members (excludes halogenated alkanes) is 2. The first-order valence-electron chi connectivity index (χ1n) is 9.83. The number of rotatable bonds is 12. The Bertz CT molecular complexity index is 778. The Hall–Kier alpha value is -2.06. The normalized spacial score (nSPS) is 15.2. The molecule has 0 saturated carbocycles. The minimum Gasteiger partial charge on any atom is -0.490 e. The number of aliphatic carboxylic acids is 1. The van der Waals surface area contributed by atoms with Crippen LogP contribution in [0, 0.1) is 0 Å². The lowest BCUT2D eigenvalue weighted by atomic mass is 10.1. The minimum absolute atomic E-state index is 0.109. The maximum absolute atomic E-state index is 12.7. The van der Waals surface area contributed by atoms with Gasteiger partial charge in [-0.05, 0) is 50.0 Å². The van der Waals surface area contributed by atoms with Crippen molar-refractivity contribution in [1.29, 1.82) is 0 Å². The third-order valence-electron chi connectivity index (χ3n) is 4.17. The van der Waals surface area contributed by atoms with Gasteiger partial charge < -0.3 is 14.6 Å². The molecular weight excluding hydrogens is 410 g/mol. The van der Waals surface area contributed by atoms with Crippen LogP contribution in [0.1, 0.15) is 51.5 Å². The summed E-state index contributed by atoms with van der Waals surface area (Å²) in [5, 5.41) is 8.68. The highest BCUT2D eigenvalue weighted by Crippen LogP contribution is 2.35. The van der Waals surface area contributed by atoms with E-state index in [9.17, 15) is 9.59 Å². The molecule has 0 spiro atoms. The summed E-state index contributed by atoms with van der Waals surface area (Å²) in [7, 11) is 0. The fourth-order valence-corrected chi connectivity index (χ4v) is 4.09. The average molecular weight is 438 g/mol. The van der Waals surface area contributed by atoms with Crippen molar-refractivity contribution in [1.82, 2.24) is 4.90 Å². The largest absolute Gasteiger partial charge is 0.490 e. The molecule has 2 rings (SSSR count). The molecule has 0 unspecified atom stereocenters. The molecule has 1 heterocycles. The van der Waals surface area contributed by atoms with Gasteiger partial charge in [0.05, 0.1) is 18.1 Å². The Balaban J connectivity index is 2.04. The van der Waals surface area contributed by atoms with Crippen LogP contribution in [0.5, 0.6) is 11.5 Å². The van der Waals surface area contributed by atoms with Crippen LogP contribution >= 0.6 is 24.0 Å². The number of benzene rings is 1. The quantitative estimate of drug-likeness (QED) is 0.288. The molecule has 158 valence electrons. The Labute approximate surface area is 181 Å². The van der Waals surface area contributed by atoms with E-state index in [-0.39, 0.29) is 12.3 Å². The molecule has 1 amide bonds. The van der Waals surface area contributed by atoms with Crippen LogP contribution in [0.3, 0.4) is 0 Å². The van der Waals surface area contributed by atoms with Gasteiger partial charge in [0.1, 0.15) is 4.32 Å². The van der Waals surface area contributed by atoms with Crippen molar-refractivity contribution >= 4 is 46.3 Å². The summed E-state index contributed by atoms with van der Waals surface area (Å²) in [6.45, 7) is 5.61. The summed E-state index contributed by atoms with van der Waals surface area (Å²) in [6, 6.07) is 5.62. The van der Waals surface area contributed by atoms with Gasteiger partial charge in [0.2, 0.25) is 0 Å². The van der Waals surface area contributed by atoms with E-state index in [1.54, 1.807) is 4.90 Å². The molecule has 8 heteroatoms. The minimum atomic E-state index is -0.795. The number of nitrogens with zero attached hydrogens (tertiary/aromatic N) is 1. The number of thiocarbonyl (C=S) groups is 1. The van der Waals surface area contributed by atoms with Gasteiger partial charge in [0.25, 0.3) is 5.91 Å². The molecular formula is C21H27NO5S2. The van der Waals surface area contributed by atoms with E-state index in [1.165, 1.54) is 11.8 Å². The lowest BCUT2D eigenvalue weighted by Gasteiger charge is -2.14. The summed E-state index contributed by atoms with van der Waals surface area (Å²) in [5.41, 5.74) is 0.847. The number of ether oxygens (including phenoxy) is 2. The summed E-state index contributed by atoms with van der Waals surface area (Å²) >= 11 is 6.64. The first kappa shape index (κ1) is 23.2. The molecule has 29 heavy (non-hydrogen) atoms. The van der Waals surface area contributed by atoms with Crippen LogP contribution in [-0.2, 0) is 9.59 Å². The van der Waals surface area contributed by atoms with Crippen molar-refractivity contribution in [2.24, 2.45) is 0 Å². The maximum Gasteiger partial charge on any atom is 0.303 e. The van der Waals surface area contributed by atoms with Crippen molar-refractivity contribution in [3.8, 4) is 11.5 Å². The lowest BCUT2D eigenvalue weighted by molar-refractivity contribution is -0.137. The van der Waals surface area contributed by atoms with Crippen molar-refractivity contribution in [2.75, 3.05) is 19.8 Å². The zero-order chi connectivity index (χ0) is 21.2. The molecule has 6 nitrogen and oxygen atoms in total. The Morgan fingerprint density at radius 1 is 1.21 bits per heavy atom. The number of carbonyl (C=O) groups is 2. The van der Waals surface area contributed by atoms with E-state index in [4.69, 9.17) is 26.8 Å². The Morgan fingerprint density at radius 3 is 2.69 bits per heavy atom. The van der Waals surface area contributed by atoms with Gasteiger partial charge in [-0.15, -0.1) is 0 Å². The number of hydrogen-bond acceptors (Lipinski definition) is 6. The molecule has 0 radical (unpaired) electrons. The summed E-state index contributed by atoms with van der Waals surface area (Å²) in [6.07, 6.45) is 4.96. The number of carboxylic acid groups (broad SMARTS) is 1. The van der Waals surface area contributed by atoms with Gasteiger partial charge in [0.15, 0.2) is 11.5 Å². The molecule has 0 bridgehead atoms. The number of thioether (sulfide) groups is 1. The number of amides is 1. The van der Waals surface area contributed by atoms with Crippen molar-refractivity contribution in [3.05, 3.63) is 28.7 Å². The van der Waals surface area contributed by atoms with Gasteiger partial charge in [-0.25, -0.2) is 0 Å². The van der Waals surface area contributed by atoms with Crippen LogP contribution in [0.4, 0.5) is 0 Å². The van der Waals surface area contributed by atoms with E-state index in [0.29, 0.717) is 46.9 Å². The van der Waals surface area contributed by atoms with E-state index < -0.39 is 5.97 Å². The molecule has 1 aliphatic rings. The Kier molecular flexibility index (Phi) is 9.47. The highest BCUT2D eigenvalue weighted by atomic mass is 32.2. The highest BCUT2D eigenvalue weighted by molar-refractivity contribution is 8.26. The smallest absolute Gasteiger partial charge is 0.303 e. The predicted molar refractivity (Wildman–Crippen MR) is 119 cm³/mol. The van der Waals surface area contributed by atoms with Gasteiger partial charge >= 0.3 is 5.97 Å². The van der Waals surface area contributed by atoms with E-state index in [2.05, 4.69) is 0 Å². The molecule has 1 aromatic carbocycles. The molecule has 1 saturated heterocycles. The molecule has 1 aliphatic heterocycles. The first-order chi connectivity index (χ1) is 14.0. The van der Waals surface area contributed by atoms with Crippen LogP contribution in [0.25, 0.3) is 6.08 Å². The number of carboxylic acids is 1. The third-order valence-corrected chi connectivity index (χ3v) is 5.55. The van der Waals surface area contributed by atoms with Crippen molar-refractivity contribution < 1.29 is 24.2 Å². The highest BCUT2D eigenvalue weighted by Gasteiger charge is 2.31. The summed E-state index contributed by atoms with van der Waals surface area (Å²) in [4.78, 5) is 25.4. The lowest BCUT2D eigenvalue weighted by Crippen LogP contribution is -2.29. The van der Waals surface area contributed by atoms with Crippen LogP contribution in [-0.4, -0.2) is 46.0 Å². The number of hydrogen-bond donors (Lipinski definition) is 1. The zero-order valence-corrected chi connectivity index (χ0v) is 18.4. The molecule has 0 aromatic heterocycles. The fraction of sp³-hybridized carbons (Fsp3) is 0.476. The second-order valence-electron chi connectivity index (χ2n) is 6.53. The zero-order valence-electron chi connectivity index (χ0n) is 16.8. The van der Waals surface area contributed by atoms with Gasteiger partial charge in [-0.3, -0.25) is 14.5 Å². The molecule has 1 N–H and O–H groups in total. The summed E-state index contributed by atoms with van der Waals surface area (Å²) < 4.78 is 11.9. The monoisotopic (exact) mass is 437 g/mol. The van der Waals surface area contributed by atoms with E-state index >= 15 is 0 Å². The fourth-order valence-electron chi connectivity index (χ4n) is 2.78. The molecule has 0 atom stereocenters. The number of carbonyl (C=O) groups excluding carboxylic acids is 1. The van der Waals surface area contributed by atoms with E-state index in [1.807, 2.05) is 38.1 Å². The molecule has 1 aromatic rings. The summed E-state index contributed by atoms with van der Waals surface area (Å²) in [5.74, 6) is 0.446. The topological polar surface area (TPSA) is 76.1 Å². The van der Waals surface area contributed by atoms with Gasteiger partial charge in [-0.1, -0.05) is 43.4 Å². The third kappa shape index (κ3) is 7.04. The Morgan fingerprint density at radius 2 is 2.00 bits per heavy atom. The van der Waals surface area contributed by atoms with Crippen LogP contribution in [0.2, 0.25) is 0 Å².